The summed E-state index contributed by atoms with van der Waals surface area (Å²) in [4.78, 5) is 15.7. The molecule has 1 aliphatic rings. The number of benzene rings is 1. The van der Waals surface area contributed by atoms with Crippen molar-refractivity contribution in [3.8, 4) is 12.1 Å². The highest BCUT2D eigenvalue weighted by molar-refractivity contribution is 6.33. The molecule has 1 amide bonds. The number of carbonyl (C=O) groups excluding carboxylic acids is 1. The fourth-order valence-electron chi connectivity index (χ4n) is 2.45. The highest BCUT2D eigenvalue weighted by atomic mass is 35.5. The van der Waals surface area contributed by atoms with E-state index in [1.54, 1.807) is 24.3 Å². The van der Waals surface area contributed by atoms with Gasteiger partial charge in [0, 0.05) is 32.6 Å². The van der Waals surface area contributed by atoms with Crippen LogP contribution < -0.4 is 10.3 Å². The monoisotopic (exact) mass is 344 g/mol. The van der Waals surface area contributed by atoms with E-state index in [2.05, 4.69) is 15.4 Å². The lowest BCUT2D eigenvalue weighted by molar-refractivity contribution is -0.131. The summed E-state index contributed by atoms with van der Waals surface area (Å²) in [5.41, 5.74) is 3.85. The summed E-state index contributed by atoms with van der Waals surface area (Å²) in [7, 11) is 0. The van der Waals surface area contributed by atoms with Crippen LogP contribution in [0.5, 0.6) is 0 Å². The number of carbonyl (C=O) groups is 1. The van der Waals surface area contributed by atoms with E-state index < -0.39 is 0 Å². The maximum atomic E-state index is 11.7. The van der Waals surface area contributed by atoms with Gasteiger partial charge in [-0.3, -0.25) is 10.2 Å². The van der Waals surface area contributed by atoms with E-state index in [0.717, 1.165) is 18.8 Å². The summed E-state index contributed by atoms with van der Waals surface area (Å²) in [6.45, 7) is 4.68. The van der Waals surface area contributed by atoms with Crippen molar-refractivity contribution < 1.29 is 4.79 Å². The highest BCUT2D eigenvalue weighted by Crippen LogP contribution is 2.29. The van der Waals surface area contributed by atoms with Gasteiger partial charge < -0.3 is 9.80 Å². The number of nitriles is 2. The van der Waals surface area contributed by atoms with E-state index in [4.69, 9.17) is 22.1 Å². The minimum absolute atomic E-state index is 0.170. The third-order valence-corrected chi connectivity index (χ3v) is 4.03. The highest BCUT2D eigenvalue weighted by Gasteiger charge is 2.21. The second kappa shape index (κ2) is 8.19. The van der Waals surface area contributed by atoms with Crippen molar-refractivity contribution in [3.63, 3.8) is 0 Å². The first-order chi connectivity index (χ1) is 11.6. The van der Waals surface area contributed by atoms with Crippen LogP contribution >= 0.6 is 11.6 Å². The number of nitrogens with zero attached hydrogens (tertiary/aromatic N) is 5. The van der Waals surface area contributed by atoms with Crippen LogP contribution in [0, 0.1) is 22.7 Å². The van der Waals surface area contributed by atoms with Crippen LogP contribution in [-0.4, -0.2) is 42.7 Å². The quantitative estimate of drug-likeness (QED) is 0.667. The molecule has 1 saturated heterocycles. The Bertz CT molecular complexity index is 709. The third-order valence-electron chi connectivity index (χ3n) is 3.73. The molecular weight excluding hydrogens is 328 g/mol. The summed E-state index contributed by atoms with van der Waals surface area (Å²) < 4.78 is 0. The van der Waals surface area contributed by atoms with E-state index in [-0.39, 0.29) is 11.6 Å². The molecule has 1 aromatic carbocycles. The van der Waals surface area contributed by atoms with Gasteiger partial charge in [-0.2, -0.15) is 15.6 Å². The number of hydrazone groups is 1. The van der Waals surface area contributed by atoms with E-state index in [1.807, 2.05) is 17.9 Å². The lowest BCUT2D eigenvalue weighted by atomic mass is 10.2. The molecule has 1 N–H and O–H groups in total. The molecule has 0 saturated carbocycles. The standard InChI is InChI=1S/C16H17ClN6O/c1-2-16(24)23-7-5-22(6-8-23)15-4-3-12(9-14(15)17)20-21-13(10-18)11-19/h3-4,9,20H,2,5-8H2,1H3. The van der Waals surface area contributed by atoms with Crippen molar-refractivity contribution in [2.24, 2.45) is 5.10 Å². The molecule has 7 nitrogen and oxygen atoms in total. The van der Waals surface area contributed by atoms with E-state index in [1.165, 1.54) is 0 Å². The Kier molecular flexibility index (Phi) is 6.00. The number of halogens is 1. The van der Waals surface area contributed by atoms with Crippen LogP contribution in [0.2, 0.25) is 5.02 Å². The number of rotatable bonds is 4. The molecule has 0 unspecified atom stereocenters. The zero-order chi connectivity index (χ0) is 17.5. The van der Waals surface area contributed by atoms with E-state index in [9.17, 15) is 4.79 Å². The number of anilines is 2. The van der Waals surface area contributed by atoms with Gasteiger partial charge in [0.2, 0.25) is 11.6 Å². The van der Waals surface area contributed by atoms with E-state index in [0.29, 0.717) is 30.2 Å². The molecule has 1 aromatic rings. The van der Waals surface area contributed by atoms with Gasteiger partial charge in [-0.05, 0) is 18.2 Å². The van der Waals surface area contributed by atoms with Gasteiger partial charge in [0.1, 0.15) is 12.1 Å². The summed E-state index contributed by atoms with van der Waals surface area (Å²) in [6, 6.07) is 8.67. The van der Waals surface area contributed by atoms with Crippen LogP contribution in [-0.2, 0) is 4.79 Å². The van der Waals surface area contributed by atoms with Crippen LogP contribution in [0.1, 0.15) is 13.3 Å². The maximum Gasteiger partial charge on any atom is 0.237 e. The Morgan fingerprint density at radius 1 is 1.29 bits per heavy atom. The molecule has 0 aliphatic carbocycles. The van der Waals surface area contributed by atoms with Crippen molar-refractivity contribution >= 4 is 34.6 Å². The van der Waals surface area contributed by atoms with Crippen molar-refractivity contribution in [2.75, 3.05) is 36.5 Å². The molecule has 124 valence electrons. The zero-order valence-electron chi connectivity index (χ0n) is 13.3. The van der Waals surface area contributed by atoms with Gasteiger partial charge in [0.15, 0.2) is 0 Å². The minimum Gasteiger partial charge on any atom is -0.367 e. The van der Waals surface area contributed by atoms with Crippen LogP contribution in [0.3, 0.4) is 0 Å². The number of hydrogen-bond acceptors (Lipinski definition) is 6. The van der Waals surface area contributed by atoms with Gasteiger partial charge in [-0.25, -0.2) is 0 Å². The predicted molar refractivity (Wildman–Crippen MR) is 92.8 cm³/mol. The summed E-state index contributed by atoms with van der Waals surface area (Å²) in [5.74, 6) is 0.170. The van der Waals surface area contributed by atoms with Crippen LogP contribution in [0.15, 0.2) is 23.3 Å². The SMILES string of the molecule is CCC(=O)N1CCN(c2ccc(NN=C(C#N)C#N)cc2Cl)CC1. The largest absolute Gasteiger partial charge is 0.367 e. The molecule has 0 radical (unpaired) electrons. The van der Waals surface area contributed by atoms with Crippen LogP contribution in [0.25, 0.3) is 0 Å². The number of amides is 1. The summed E-state index contributed by atoms with van der Waals surface area (Å²) in [6.07, 6.45) is 0.523. The Morgan fingerprint density at radius 2 is 1.96 bits per heavy atom. The van der Waals surface area contributed by atoms with Gasteiger partial charge in [-0.1, -0.05) is 18.5 Å². The molecule has 0 aromatic heterocycles. The molecule has 2 rings (SSSR count). The third kappa shape index (κ3) is 4.15. The summed E-state index contributed by atoms with van der Waals surface area (Å²) in [5, 5.41) is 21.5. The van der Waals surface area contributed by atoms with E-state index >= 15 is 0 Å². The average molecular weight is 345 g/mol. The predicted octanol–water partition coefficient (Wildman–Crippen LogP) is 2.21. The zero-order valence-corrected chi connectivity index (χ0v) is 14.0. The molecule has 0 spiro atoms. The molecule has 8 heteroatoms. The first-order valence-corrected chi connectivity index (χ1v) is 7.93. The second-order valence-corrected chi connectivity index (χ2v) is 5.59. The summed E-state index contributed by atoms with van der Waals surface area (Å²) >= 11 is 6.33. The molecule has 24 heavy (non-hydrogen) atoms. The lowest BCUT2D eigenvalue weighted by Gasteiger charge is -2.36. The molecular formula is C16H17ClN6O. The average Bonchev–Trinajstić information content (AvgIpc) is 2.62. The molecule has 0 bridgehead atoms. The molecule has 0 atom stereocenters. The Balaban J connectivity index is 2.04. The Labute approximate surface area is 145 Å². The topological polar surface area (TPSA) is 95.5 Å². The normalized spacial score (nSPS) is 13.7. The minimum atomic E-state index is -0.257. The first kappa shape index (κ1) is 17.6. The van der Waals surface area contributed by atoms with Crippen molar-refractivity contribution in [2.45, 2.75) is 13.3 Å². The van der Waals surface area contributed by atoms with Gasteiger partial charge in [0.25, 0.3) is 0 Å². The van der Waals surface area contributed by atoms with Gasteiger partial charge in [0.05, 0.1) is 16.4 Å². The maximum absolute atomic E-state index is 11.7. The second-order valence-electron chi connectivity index (χ2n) is 5.18. The Morgan fingerprint density at radius 3 is 2.50 bits per heavy atom. The molecule has 1 fully saturated rings. The van der Waals surface area contributed by atoms with Crippen molar-refractivity contribution in [1.82, 2.24) is 4.90 Å². The number of piperazine rings is 1. The van der Waals surface area contributed by atoms with Crippen LogP contribution in [0.4, 0.5) is 11.4 Å². The fourth-order valence-corrected chi connectivity index (χ4v) is 2.75. The fraction of sp³-hybridized carbons (Fsp3) is 0.375. The molecule has 1 heterocycles. The molecule has 1 aliphatic heterocycles. The smallest absolute Gasteiger partial charge is 0.237 e. The number of nitrogens with one attached hydrogen (secondary N) is 1. The van der Waals surface area contributed by atoms with Gasteiger partial charge in [-0.15, -0.1) is 0 Å². The van der Waals surface area contributed by atoms with Crippen molar-refractivity contribution in [1.29, 1.82) is 10.5 Å². The van der Waals surface area contributed by atoms with Crippen molar-refractivity contribution in [3.05, 3.63) is 23.2 Å². The lowest BCUT2D eigenvalue weighted by Crippen LogP contribution is -2.48. The first-order valence-electron chi connectivity index (χ1n) is 7.55. The Hall–Kier alpha value is -2.77. The van der Waals surface area contributed by atoms with Gasteiger partial charge >= 0.3 is 0 Å². The number of hydrogen-bond donors (Lipinski definition) is 1.